The molecule has 156 valence electrons. The summed E-state index contributed by atoms with van der Waals surface area (Å²) < 4.78 is 0. The maximum absolute atomic E-state index is 11.4. The number of likely N-dealkylation sites (N-methyl/N-ethyl adjacent to an activating group) is 1. The summed E-state index contributed by atoms with van der Waals surface area (Å²) in [7, 11) is 2.05. The van der Waals surface area contributed by atoms with Crippen molar-refractivity contribution in [3.63, 3.8) is 0 Å². The third-order valence-corrected chi connectivity index (χ3v) is 5.87. The van der Waals surface area contributed by atoms with E-state index in [1.807, 2.05) is 13.1 Å². The van der Waals surface area contributed by atoms with Crippen LogP contribution in [0.4, 0.5) is 5.82 Å². The molecule has 0 spiro atoms. The van der Waals surface area contributed by atoms with Crippen LogP contribution in [0, 0.1) is 0 Å². The number of benzene rings is 1. The van der Waals surface area contributed by atoms with Crippen LogP contribution in [0.2, 0.25) is 0 Å². The second-order valence-corrected chi connectivity index (χ2v) is 8.18. The Hall–Kier alpha value is -2.94. The molecule has 0 aliphatic rings. The van der Waals surface area contributed by atoms with Crippen molar-refractivity contribution in [2.75, 3.05) is 38.5 Å². The fraction of sp³-hybridized carbons (Fsp3) is 0.273. The zero-order valence-corrected chi connectivity index (χ0v) is 17.6. The standard InChI is InChI=1S/C22H25N5O2S/c1-27(7-5-23)8-6-24-21-20-17-3-2-15(22(28)29)11-18(17)26-19(20)12-16(25-21)10-14-4-9-30-13-14/h2-4,9,11-13,26H,5-8,10,23H2,1H3,(H,24,25)(H,28,29). The molecule has 7 nitrogen and oxygen atoms in total. The summed E-state index contributed by atoms with van der Waals surface area (Å²) in [6, 6.07) is 9.32. The van der Waals surface area contributed by atoms with Crippen molar-refractivity contribution in [3.8, 4) is 0 Å². The largest absolute Gasteiger partial charge is 0.478 e. The number of aromatic carboxylic acids is 1. The number of nitrogens with one attached hydrogen (secondary N) is 2. The molecule has 3 aromatic heterocycles. The lowest BCUT2D eigenvalue weighted by Crippen LogP contribution is -2.30. The fourth-order valence-electron chi connectivity index (χ4n) is 3.63. The molecule has 4 rings (SSSR count). The van der Waals surface area contributed by atoms with Gasteiger partial charge in [0.25, 0.3) is 0 Å². The van der Waals surface area contributed by atoms with Crippen LogP contribution < -0.4 is 11.1 Å². The number of hydrogen-bond donors (Lipinski definition) is 4. The Kier molecular flexibility index (Phi) is 5.98. The van der Waals surface area contributed by atoms with E-state index < -0.39 is 5.97 Å². The quantitative estimate of drug-likeness (QED) is 0.329. The first-order chi connectivity index (χ1) is 14.5. The maximum Gasteiger partial charge on any atom is 0.335 e. The maximum atomic E-state index is 11.4. The molecule has 0 radical (unpaired) electrons. The van der Waals surface area contributed by atoms with Gasteiger partial charge in [0.2, 0.25) is 0 Å². The predicted molar refractivity (Wildman–Crippen MR) is 123 cm³/mol. The van der Waals surface area contributed by atoms with E-state index >= 15 is 0 Å². The van der Waals surface area contributed by atoms with E-state index in [0.717, 1.165) is 59.4 Å². The Balaban J connectivity index is 1.73. The first-order valence-electron chi connectivity index (χ1n) is 9.87. The molecule has 0 amide bonds. The van der Waals surface area contributed by atoms with E-state index in [0.29, 0.717) is 6.54 Å². The highest BCUT2D eigenvalue weighted by molar-refractivity contribution is 7.07. The van der Waals surface area contributed by atoms with Crippen LogP contribution in [0.15, 0.2) is 41.1 Å². The van der Waals surface area contributed by atoms with Gasteiger partial charge >= 0.3 is 5.97 Å². The number of hydrogen-bond acceptors (Lipinski definition) is 6. The van der Waals surface area contributed by atoms with Crippen molar-refractivity contribution in [1.29, 1.82) is 0 Å². The molecule has 8 heteroatoms. The van der Waals surface area contributed by atoms with Crippen molar-refractivity contribution >= 4 is 44.9 Å². The number of anilines is 1. The number of pyridine rings is 1. The van der Waals surface area contributed by atoms with Gasteiger partial charge in [-0.25, -0.2) is 9.78 Å². The van der Waals surface area contributed by atoms with Gasteiger partial charge in [0.15, 0.2) is 0 Å². The number of fused-ring (bicyclic) bond motifs is 3. The molecule has 0 saturated heterocycles. The molecule has 0 unspecified atom stereocenters. The summed E-state index contributed by atoms with van der Waals surface area (Å²) in [5.41, 5.74) is 9.83. The second-order valence-electron chi connectivity index (χ2n) is 7.40. The van der Waals surface area contributed by atoms with Crippen LogP contribution in [-0.2, 0) is 6.42 Å². The van der Waals surface area contributed by atoms with E-state index in [4.69, 9.17) is 10.7 Å². The van der Waals surface area contributed by atoms with Gasteiger partial charge in [-0.1, -0.05) is 6.07 Å². The summed E-state index contributed by atoms with van der Waals surface area (Å²) in [6.45, 7) is 3.05. The Morgan fingerprint density at radius 1 is 1.27 bits per heavy atom. The van der Waals surface area contributed by atoms with Crippen LogP contribution >= 0.6 is 11.3 Å². The van der Waals surface area contributed by atoms with Crippen LogP contribution in [-0.4, -0.2) is 59.2 Å². The molecule has 0 aliphatic carbocycles. The molecule has 1 aromatic carbocycles. The van der Waals surface area contributed by atoms with Crippen molar-refractivity contribution < 1.29 is 9.90 Å². The molecule has 0 fully saturated rings. The van der Waals surface area contributed by atoms with E-state index in [-0.39, 0.29) is 5.56 Å². The predicted octanol–water partition coefficient (Wildman–Crippen LogP) is 3.37. The van der Waals surface area contributed by atoms with Gasteiger partial charge in [0.05, 0.1) is 11.1 Å². The number of rotatable bonds is 9. The smallest absolute Gasteiger partial charge is 0.335 e. The molecule has 5 N–H and O–H groups in total. The molecular weight excluding hydrogens is 398 g/mol. The average molecular weight is 424 g/mol. The van der Waals surface area contributed by atoms with Crippen molar-refractivity contribution in [2.45, 2.75) is 6.42 Å². The zero-order chi connectivity index (χ0) is 21.1. The Morgan fingerprint density at radius 3 is 2.87 bits per heavy atom. The van der Waals surface area contributed by atoms with Gasteiger partial charge in [-0.05, 0) is 47.6 Å². The summed E-state index contributed by atoms with van der Waals surface area (Å²) in [5, 5.41) is 18.9. The van der Waals surface area contributed by atoms with Crippen molar-refractivity contribution in [2.24, 2.45) is 5.73 Å². The number of thiophene rings is 1. The topological polar surface area (TPSA) is 107 Å². The first-order valence-corrected chi connectivity index (χ1v) is 10.8. The second kappa shape index (κ2) is 8.83. The van der Waals surface area contributed by atoms with Gasteiger partial charge in [-0.15, -0.1) is 0 Å². The molecule has 0 saturated carbocycles. The Morgan fingerprint density at radius 2 is 2.13 bits per heavy atom. The molecule has 3 heterocycles. The first kappa shape index (κ1) is 20.3. The van der Waals surface area contributed by atoms with Crippen molar-refractivity contribution in [3.05, 3.63) is 57.9 Å². The minimum atomic E-state index is -0.937. The summed E-state index contributed by atoms with van der Waals surface area (Å²) in [6.07, 6.45) is 0.747. The highest BCUT2D eigenvalue weighted by Gasteiger charge is 2.15. The van der Waals surface area contributed by atoms with Gasteiger partial charge in [0.1, 0.15) is 5.82 Å². The van der Waals surface area contributed by atoms with Crippen LogP contribution in [0.3, 0.4) is 0 Å². The molecule has 30 heavy (non-hydrogen) atoms. The normalized spacial score (nSPS) is 11.6. The van der Waals surface area contributed by atoms with Crippen LogP contribution in [0.25, 0.3) is 21.8 Å². The van der Waals surface area contributed by atoms with E-state index in [9.17, 15) is 9.90 Å². The third-order valence-electron chi connectivity index (χ3n) is 5.14. The van der Waals surface area contributed by atoms with Crippen LogP contribution in [0.1, 0.15) is 21.6 Å². The number of carbonyl (C=O) groups is 1. The summed E-state index contributed by atoms with van der Waals surface area (Å²) >= 11 is 1.67. The third kappa shape index (κ3) is 4.30. The van der Waals surface area contributed by atoms with Gasteiger partial charge < -0.3 is 26.0 Å². The van der Waals surface area contributed by atoms with E-state index in [1.165, 1.54) is 5.56 Å². The highest BCUT2D eigenvalue weighted by Crippen LogP contribution is 2.32. The van der Waals surface area contributed by atoms with Gasteiger partial charge in [0, 0.05) is 54.6 Å². The lowest BCUT2D eigenvalue weighted by Gasteiger charge is -2.16. The molecule has 0 bridgehead atoms. The number of nitrogens with two attached hydrogens (primary N) is 1. The number of aromatic amines is 1. The summed E-state index contributed by atoms with van der Waals surface area (Å²) in [5.74, 6) is -0.124. The average Bonchev–Trinajstić information content (AvgIpc) is 3.34. The number of carboxylic acids is 1. The summed E-state index contributed by atoms with van der Waals surface area (Å²) in [4.78, 5) is 21.8. The molecule has 4 aromatic rings. The lowest BCUT2D eigenvalue weighted by atomic mass is 10.1. The van der Waals surface area contributed by atoms with Gasteiger partial charge in [-0.3, -0.25) is 0 Å². The monoisotopic (exact) mass is 423 g/mol. The zero-order valence-electron chi connectivity index (χ0n) is 16.8. The molecular formula is C22H25N5O2S. The highest BCUT2D eigenvalue weighted by atomic mass is 32.1. The molecule has 0 atom stereocenters. The lowest BCUT2D eigenvalue weighted by molar-refractivity contribution is 0.0697. The van der Waals surface area contributed by atoms with Crippen molar-refractivity contribution in [1.82, 2.24) is 14.9 Å². The minimum Gasteiger partial charge on any atom is -0.478 e. The SMILES string of the molecule is CN(CCN)CCNc1nc(Cc2ccsc2)cc2[nH]c3cc(C(=O)O)ccc3c12. The number of carboxylic acid groups (broad SMARTS) is 1. The minimum absolute atomic E-state index is 0.262. The number of nitrogens with zero attached hydrogens (tertiary/aromatic N) is 2. The van der Waals surface area contributed by atoms with Gasteiger partial charge in [-0.2, -0.15) is 11.3 Å². The van der Waals surface area contributed by atoms with Crippen LogP contribution in [0.5, 0.6) is 0 Å². The van der Waals surface area contributed by atoms with E-state index in [1.54, 1.807) is 23.5 Å². The Bertz CT molecular complexity index is 1170. The fourth-order valence-corrected chi connectivity index (χ4v) is 4.30. The van der Waals surface area contributed by atoms with E-state index in [2.05, 4.69) is 38.1 Å². The Labute approximate surface area is 178 Å². The number of H-pyrrole nitrogens is 1. The molecule has 0 aliphatic heterocycles. The number of aromatic nitrogens is 2.